The molecule has 0 aromatic rings. The van der Waals surface area contributed by atoms with Crippen LogP contribution in [0.2, 0.25) is 0 Å². The molecule has 1 N–H and O–H groups in total. The lowest BCUT2D eigenvalue weighted by molar-refractivity contribution is -0.130. The van der Waals surface area contributed by atoms with Crippen LogP contribution >= 0.6 is 11.6 Å². The monoisotopic (exact) mass is 259 g/mol. The van der Waals surface area contributed by atoms with Crippen LogP contribution in [0, 0.1) is 11.3 Å². The Morgan fingerprint density at radius 3 is 2.71 bits per heavy atom. The van der Waals surface area contributed by atoms with Crippen LogP contribution in [0.15, 0.2) is 0 Å². The maximum absolute atomic E-state index is 12.1. The predicted octanol–water partition coefficient (Wildman–Crippen LogP) is 2.01. The molecule has 1 amide bonds. The summed E-state index contributed by atoms with van der Waals surface area (Å²) in [7, 11) is 0. The van der Waals surface area contributed by atoms with Crippen molar-refractivity contribution in [3.8, 4) is 0 Å². The molecule has 0 aromatic carbocycles. The van der Waals surface area contributed by atoms with E-state index in [0.717, 1.165) is 19.4 Å². The van der Waals surface area contributed by atoms with E-state index in [1.165, 1.54) is 12.8 Å². The molecule has 0 radical (unpaired) electrons. The van der Waals surface area contributed by atoms with Gasteiger partial charge >= 0.3 is 0 Å². The molecule has 1 heterocycles. The summed E-state index contributed by atoms with van der Waals surface area (Å²) in [5, 5.41) is 9.12. The van der Waals surface area contributed by atoms with Crippen molar-refractivity contribution in [1.82, 2.24) is 4.90 Å². The van der Waals surface area contributed by atoms with Gasteiger partial charge in [0.05, 0.1) is 0 Å². The summed E-state index contributed by atoms with van der Waals surface area (Å²) < 4.78 is 0. The first-order chi connectivity index (χ1) is 8.13. The molecule has 2 rings (SSSR count). The largest absolute Gasteiger partial charge is 0.396 e. The number of aliphatic hydroxyl groups excluding tert-OH is 1. The van der Waals surface area contributed by atoms with Crippen LogP contribution in [0.25, 0.3) is 0 Å². The van der Waals surface area contributed by atoms with Gasteiger partial charge in [0.1, 0.15) is 5.38 Å². The van der Waals surface area contributed by atoms with Gasteiger partial charge in [-0.15, -0.1) is 11.6 Å². The molecule has 0 unspecified atom stereocenters. The van der Waals surface area contributed by atoms with Gasteiger partial charge < -0.3 is 10.0 Å². The molecule has 4 heteroatoms. The Bertz CT molecular complexity index is 289. The van der Waals surface area contributed by atoms with E-state index in [0.29, 0.717) is 13.0 Å². The quantitative estimate of drug-likeness (QED) is 0.788. The van der Waals surface area contributed by atoms with Gasteiger partial charge in [-0.05, 0) is 24.7 Å². The van der Waals surface area contributed by atoms with Crippen molar-refractivity contribution in [2.45, 2.75) is 44.4 Å². The molecule has 1 saturated heterocycles. The molecule has 98 valence electrons. The van der Waals surface area contributed by atoms with Crippen molar-refractivity contribution >= 4 is 17.5 Å². The number of hydrogen-bond acceptors (Lipinski definition) is 2. The van der Waals surface area contributed by atoms with Gasteiger partial charge in [-0.1, -0.05) is 19.8 Å². The number of alkyl halides is 1. The first kappa shape index (κ1) is 13.2. The summed E-state index contributed by atoms with van der Waals surface area (Å²) in [6, 6.07) is 0. The highest BCUT2D eigenvalue weighted by molar-refractivity contribution is 6.30. The third-order valence-corrected chi connectivity index (χ3v) is 5.07. The van der Waals surface area contributed by atoms with Crippen molar-refractivity contribution in [2.75, 3.05) is 19.7 Å². The fourth-order valence-corrected chi connectivity index (χ4v) is 3.61. The van der Waals surface area contributed by atoms with Gasteiger partial charge in [0, 0.05) is 25.6 Å². The maximum atomic E-state index is 12.1. The summed E-state index contributed by atoms with van der Waals surface area (Å²) in [5.41, 5.74) is 0.189. The van der Waals surface area contributed by atoms with Crippen molar-refractivity contribution in [3.63, 3.8) is 0 Å². The molecular weight excluding hydrogens is 238 g/mol. The molecule has 1 aliphatic heterocycles. The number of carbonyl (C=O) groups is 1. The highest BCUT2D eigenvalue weighted by atomic mass is 35.5. The molecule has 1 aliphatic carbocycles. The second-order valence-electron chi connectivity index (χ2n) is 5.54. The van der Waals surface area contributed by atoms with Crippen LogP contribution in [0.5, 0.6) is 0 Å². The average Bonchev–Trinajstić information content (AvgIpc) is 2.95. The summed E-state index contributed by atoms with van der Waals surface area (Å²) in [4.78, 5) is 14.0. The van der Waals surface area contributed by atoms with Crippen molar-refractivity contribution in [2.24, 2.45) is 11.3 Å². The number of halogens is 1. The molecule has 2 fully saturated rings. The molecule has 3 nitrogen and oxygen atoms in total. The molecule has 2 aliphatic rings. The van der Waals surface area contributed by atoms with E-state index in [1.54, 1.807) is 0 Å². The first-order valence-electron chi connectivity index (χ1n) is 6.66. The number of hydrogen-bond donors (Lipinski definition) is 1. The minimum Gasteiger partial charge on any atom is -0.396 e. The van der Waals surface area contributed by atoms with Crippen molar-refractivity contribution in [1.29, 1.82) is 0 Å². The van der Waals surface area contributed by atoms with Crippen LogP contribution in [0.3, 0.4) is 0 Å². The fourth-order valence-electron chi connectivity index (χ4n) is 3.47. The van der Waals surface area contributed by atoms with Crippen molar-refractivity contribution < 1.29 is 9.90 Å². The predicted molar refractivity (Wildman–Crippen MR) is 68.0 cm³/mol. The van der Waals surface area contributed by atoms with E-state index in [9.17, 15) is 9.90 Å². The van der Waals surface area contributed by atoms with Gasteiger partial charge in [-0.3, -0.25) is 4.79 Å². The number of carbonyl (C=O) groups excluding carboxylic acids is 1. The third-order valence-electron chi connectivity index (χ3n) is 4.57. The molecule has 1 saturated carbocycles. The highest BCUT2D eigenvalue weighted by Gasteiger charge is 2.49. The first-order valence-corrected chi connectivity index (χ1v) is 7.10. The third kappa shape index (κ3) is 2.32. The lowest BCUT2D eigenvalue weighted by atomic mass is 9.77. The number of nitrogens with zero attached hydrogens (tertiary/aromatic N) is 1. The van der Waals surface area contributed by atoms with E-state index in [2.05, 4.69) is 0 Å². The van der Waals surface area contributed by atoms with E-state index >= 15 is 0 Å². The Labute approximate surface area is 108 Å². The zero-order valence-electron chi connectivity index (χ0n) is 10.5. The molecule has 2 atom stereocenters. The van der Waals surface area contributed by atoms with E-state index in [4.69, 9.17) is 11.6 Å². The molecule has 1 spiro atoms. The van der Waals surface area contributed by atoms with Gasteiger partial charge in [0.25, 0.3) is 0 Å². The molecule has 0 bridgehead atoms. The minimum absolute atomic E-state index is 0.0522. The summed E-state index contributed by atoms with van der Waals surface area (Å²) in [6.45, 7) is 3.63. The zero-order chi connectivity index (χ0) is 12.5. The SMILES string of the molecule is CC[C@@H](Cl)C(=O)N1C[C@@H](CO)C2(CCCC2)C1. The Balaban J connectivity index is 2.07. The normalized spacial score (nSPS) is 28.9. The molecule has 0 aromatic heterocycles. The van der Waals surface area contributed by atoms with E-state index < -0.39 is 5.38 Å². The van der Waals surface area contributed by atoms with Crippen LogP contribution < -0.4 is 0 Å². The Hall–Kier alpha value is -0.280. The topological polar surface area (TPSA) is 40.5 Å². The average molecular weight is 260 g/mol. The van der Waals surface area contributed by atoms with Gasteiger partial charge in [-0.25, -0.2) is 0 Å². The number of amides is 1. The number of aliphatic hydroxyl groups is 1. The van der Waals surface area contributed by atoms with Crippen LogP contribution in [0.1, 0.15) is 39.0 Å². The van der Waals surface area contributed by atoms with Crippen LogP contribution in [-0.2, 0) is 4.79 Å². The van der Waals surface area contributed by atoms with Gasteiger partial charge in [-0.2, -0.15) is 0 Å². The second-order valence-corrected chi connectivity index (χ2v) is 6.07. The fraction of sp³-hybridized carbons (Fsp3) is 0.923. The number of rotatable bonds is 3. The second kappa shape index (κ2) is 5.15. The summed E-state index contributed by atoms with van der Waals surface area (Å²) in [5.74, 6) is 0.311. The van der Waals surface area contributed by atoms with E-state index in [1.807, 2.05) is 11.8 Å². The highest BCUT2D eigenvalue weighted by Crippen LogP contribution is 2.49. The van der Waals surface area contributed by atoms with Gasteiger partial charge in [0.2, 0.25) is 5.91 Å². The molecular formula is C13H22ClNO2. The Morgan fingerprint density at radius 2 is 2.18 bits per heavy atom. The minimum atomic E-state index is -0.397. The van der Waals surface area contributed by atoms with Crippen LogP contribution in [0.4, 0.5) is 0 Å². The van der Waals surface area contributed by atoms with Crippen LogP contribution in [-0.4, -0.2) is 41.0 Å². The van der Waals surface area contributed by atoms with E-state index in [-0.39, 0.29) is 23.8 Å². The number of likely N-dealkylation sites (tertiary alicyclic amines) is 1. The summed E-state index contributed by atoms with van der Waals surface area (Å²) in [6.07, 6.45) is 5.45. The smallest absolute Gasteiger partial charge is 0.240 e. The van der Waals surface area contributed by atoms with Gasteiger partial charge in [0.15, 0.2) is 0 Å². The standard InChI is InChI=1S/C13H22ClNO2/c1-2-11(14)12(17)15-7-10(8-16)13(9-15)5-3-4-6-13/h10-11,16H,2-9H2,1H3/t10-,11+/m0/s1. The Morgan fingerprint density at radius 1 is 1.53 bits per heavy atom. The maximum Gasteiger partial charge on any atom is 0.240 e. The summed E-state index contributed by atoms with van der Waals surface area (Å²) >= 11 is 6.03. The van der Waals surface area contributed by atoms with Crippen molar-refractivity contribution in [3.05, 3.63) is 0 Å². The zero-order valence-corrected chi connectivity index (χ0v) is 11.2. The molecule has 17 heavy (non-hydrogen) atoms. The Kier molecular flexibility index (Phi) is 3.99. The lowest BCUT2D eigenvalue weighted by Crippen LogP contribution is -2.36. The lowest BCUT2D eigenvalue weighted by Gasteiger charge is -2.28.